The lowest BCUT2D eigenvalue weighted by atomic mass is 10.1. The summed E-state index contributed by atoms with van der Waals surface area (Å²) in [5.74, 6) is -0.00849. The number of sulfonamides is 1. The van der Waals surface area contributed by atoms with Crippen LogP contribution < -0.4 is 5.32 Å². The second-order valence-corrected chi connectivity index (χ2v) is 8.11. The molecule has 1 atom stereocenters. The summed E-state index contributed by atoms with van der Waals surface area (Å²) in [5.41, 5.74) is -0.151. The van der Waals surface area contributed by atoms with Gasteiger partial charge < -0.3 is 10.2 Å². The van der Waals surface area contributed by atoms with E-state index < -0.39 is 14.9 Å². The lowest BCUT2D eigenvalue weighted by Crippen LogP contribution is -2.57. The number of amides is 1. The van der Waals surface area contributed by atoms with Gasteiger partial charge in [0, 0.05) is 44.4 Å². The van der Waals surface area contributed by atoms with E-state index >= 15 is 0 Å². The van der Waals surface area contributed by atoms with E-state index in [2.05, 4.69) is 5.32 Å². The van der Waals surface area contributed by atoms with Crippen LogP contribution in [-0.2, 0) is 14.8 Å². The maximum atomic E-state index is 12.8. The molecule has 0 bridgehead atoms. The van der Waals surface area contributed by atoms with Crippen molar-refractivity contribution in [2.24, 2.45) is 0 Å². The summed E-state index contributed by atoms with van der Waals surface area (Å²) in [6.07, 6.45) is 1.45. The Hall–Kier alpha value is -2.04. The third-order valence-electron chi connectivity index (χ3n) is 4.61. The number of carbonyl (C=O) groups excluding carboxylic acids is 1. The maximum absolute atomic E-state index is 12.8. The first-order chi connectivity index (χ1) is 11.9. The fraction of sp³-hybridized carbons (Fsp3) is 0.533. The van der Waals surface area contributed by atoms with Crippen molar-refractivity contribution in [3.8, 4) is 0 Å². The Morgan fingerprint density at radius 3 is 2.56 bits per heavy atom. The van der Waals surface area contributed by atoms with Crippen LogP contribution >= 0.6 is 0 Å². The number of carbonyl (C=O) groups is 1. The summed E-state index contributed by atoms with van der Waals surface area (Å²) < 4.78 is 27.0. The zero-order valence-electron chi connectivity index (χ0n) is 13.6. The molecule has 0 saturated carbocycles. The highest BCUT2D eigenvalue weighted by Crippen LogP contribution is 2.25. The molecule has 2 heterocycles. The van der Waals surface area contributed by atoms with Gasteiger partial charge in [0.2, 0.25) is 15.9 Å². The number of nitrogens with zero attached hydrogens (tertiary/aromatic N) is 3. The molecule has 2 fully saturated rings. The van der Waals surface area contributed by atoms with Gasteiger partial charge in [-0.1, -0.05) is 0 Å². The average molecular weight is 368 g/mol. The standard InChI is InChI=1S/C15H20N4O5S/c20-15-10-16-7-9-18(15)13-2-1-8-17(11-13)25(23,24)14-5-3-12(4-6-14)19(21)22/h3-6,13,16H,1-2,7-11H2. The largest absolute Gasteiger partial charge is 0.336 e. The van der Waals surface area contributed by atoms with Gasteiger partial charge in [-0.25, -0.2) is 8.42 Å². The zero-order valence-corrected chi connectivity index (χ0v) is 14.4. The van der Waals surface area contributed by atoms with Crippen LogP contribution in [0.25, 0.3) is 0 Å². The van der Waals surface area contributed by atoms with Crippen molar-refractivity contribution in [3.05, 3.63) is 34.4 Å². The third kappa shape index (κ3) is 3.65. The van der Waals surface area contributed by atoms with E-state index in [-0.39, 0.29) is 35.6 Å². The number of hydrogen-bond acceptors (Lipinski definition) is 6. The van der Waals surface area contributed by atoms with E-state index in [9.17, 15) is 23.3 Å². The molecule has 2 saturated heterocycles. The number of piperazine rings is 1. The molecular formula is C15H20N4O5S. The van der Waals surface area contributed by atoms with E-state index in [1.165, 1.54) is 28.6 Å². The molecule has 25 heavy (non-hydrogen) atoms. The molecule has 2 aliphatic heterocycles. The Kier molecular flexibility index (Phi) is 5.02. The van der Waals surface area contributed by atoms with Crippen molar-refractivity contribution in [2.75, 3.05) is 32.7 Å². The highest BCUT2D eigenvalue weighted by molar-refractivity contribution is 7.89. The van der Waals surface area contributed by atoms with Crippen molar-refractivity contribution in [3.63, 3.8) is 0 Å². The molecule has 0 spiro atoms. The number of non-ortho nitro benzene ring substituents is 1. The molecule has 0 aromatic heterocycles. The molecule has 2 aliphatic rings. The lowest BCUT2D eigenvalue weighted by Gasteiger charge is -2.40. The van der Waals surface area contributed by atoms with E-state index in [4.69, 9.17) is 0 Å². The van der Waals surface area contributed by atoms with Crippen LogP contribution in [0.5, 0.6) is 0 Å². The van der Waals surface area contributed by atoms with E-state index in [0.29, 0.717) is 26.1 Å². The van der Waals surface area contributed by atoms with E-state index in [1.807, 2.05) is 0 Å². The summed E-state index contributed by atoms with van der Waals surface area (Å²) >= 11 is 0. The van der Waals surface area contributed by atoms with Crippen LogP contribution in [0.2, 0.25) is 0 Å². The van der Waals surface area contributed by atoms with Crippen LogP contribution in [0.15, 0.2) is 29.2 Å². The Morgan fingerprint density at radius 2 is 1.92 bits per heavy atom. The predicted octanol–water partition coefficient (Wildman–Crippen LogP) is 0.180. The smallest absolute Gasteiger partial charge is 0.269 e. The minimum absolute atomic E-state index is 0.00849. The Labute approximate surface area is 145 Å². The molecule has 10 heteroatoms. The molecule has 0 radical (unpaired) electrons. The van der Waals surface area contributed by atoms with Crippen molar-refractivity contribution in [2.45, 2.75) is 23.8 Å². The summed E-state index contributed by atoms with van der Waals surface area (Å²) in [7, 11) is -3.74. The van der Waals surface area contributed by atoms with Crippen molar-refractivity contribution >= 4 is 21.6 Å². The van der Waals surface area contributed by atoms with Gasteiger partial charge in [0.15, 0.2) is 0 Å². The fourth-order valence-electron chi connectivity index (χ4n) is 3.29. The molecule has 9 nitrogen and oxygen atoms in total. The van der Waals surface area contributed by atoms with Crippen molar-refractivity contribution in [1.82, 2.24) is 14.5 Å². The summed E-state index contributed by atoms with van der Waals surface area (Å²) in [6, 6.07) is 4.76. The van der Waals surface area contributed by atoms with E-state index in [0.717, 1.165) is 6.42 Å². The molecule has 0 aliphatic carbocycles. The second kappa shape index (κ2) is 7.06. The molecule has 1 N–H and O–H groups in total. The van der Waals surface area contributed by atoms with Gasteiger partial charge in [-0.05, 0) is 25.0 Å². The minimum atomic E-state index is -3.74. The van der Waals surface area contributed by atoms with Crippen LogP contribution in [0, 0.1) is 10.1 Å². The number of hydrogen-bond donors (Lipinski definition) is 1. The third-order valence-corrected chi connectivity index (χ3v) is 6.49. The monoisotopic (exact) mass is 368 g/mol. The number of nitrogens with one attached hydrogen (secondary N) is 1. The summed E-state index contributed by atoms with van der Waals surface area (Å²) in [4.78, 5) is 24.0. The lowest BCUT2D eigenvalue weighted by molar-refractivity contribution is -0.384. The predicted molar refractivity (Wildman–Crippen MR) is 89.5 cm³/mol. The van der Waals surface area contributed by atoms with Gasteiger partial charge in [-0.15, -0.1) is 0 Å². The van der Waals surface area contributed by atoms with Crippen molar-refractivity contribution in [1.29, 1.82) is 0 Å². The Morgan fingerprint density at radius 1 is 1.20 bits per heavy atom. The average Bonchev–Trinajstić information content (AvgIpc) is 2.62. The first kappa shape index (κ1) is 17.8. The van der Waals surface area contributed by atoms with Crippen molar-refractivity contribution < 1.29 is 18.1 Å². The molecule has 136 valence electrons. The molecule has 1 aromatic carbocycles. The zero-order chi connectivity index (χ0) is 18.0. The SMILES string of the molecule is O=C1CNCCN1C1CCCN(S(=O)(=O)c2ccc([N+](=O)[O-])cc2)C1. The highest BCUT2D eigenvalue weighted by atomic mass is 32.2. The molecular weight excluding hydrogens is 348 g/mol. The van der Waals surface area contributed by atoms with Crippen LogP contribution in [-0.4, -0.2) is 67.2 Å². The second-order valence-electron chi connectivity index (χ2n) is 6.17. The maximum Gasteiger partial charge on any atom is 0.269 e. The van der Waals surface area contributed by atoms with Crippen LogP contribution in [0.4, 0.5) is 5.69 Å². The van der Waals surface area contributed by atoms with Gasteiger partial charge in [0.05, 0.1) is 16.4 Å². The molecule has 1 amide bonds. The van der Waals surface area contributed by atoms with Crippen LogP contribution in [0.1, 0.15) is 12.8 Å². The fourth-order valence-corrected chi connectivity index (χ4v) is 4.81. The van der Waals surface area contributed by atoms with Gasteiger partial charge in [0.1, 0.15) is 0 Å². The highest BCUT2D eigenvalue weighted by Gasteiger charge is 2.35. The number of nitro groups is 1. The van der Waals surface area contributed by atoms with Gasteiger partial charge in [-0.2, -0.15) is 4.31 Å². The number of nitro benzene ring substituents is 1. The number of piperidine rings is 1. The first-order valence-electron chi connectivity index (χ1n) is 8.14. The number of rotatable bonds is 4. The Bertz CT molecular complexity index is 765. The summed E-state index contributed by atoms with van der Waals surface area (Å²) in [6.45, 7) is 2.21. The quantitative estimate of drug-likeness (QED) is 0.599. The minimum Gasteiger partial charge on any atom is -0.336 e. The normalized spacial score (nSPS) is 22.8. The Balaban J connectivity index is 1.77. The van der Waals surface area contributed by atoms with Crippen LogP contribution in [0.3, 0.4) is 0 Å². The van der Waals surface area contributed by atoms with Gasteiger partial charge >= 0.3 is 0 Å². The number of benzene rings is 1. The van der Waals surface area contributed by atoms with E-state index in [1.54, 1.807) is 4.90 Å². The molecule has 1 unspecified atom stereocenters. The molecule has 3 rings (SSSR count). The molecule has 1 aromatic rings. The summed E-state index contributed by atoms with van der Waals surface area (Å²) in [5, 5.41) is 13.7. The first-order valence-corrected chi connectivity index (χ1v) is 9.58. The topological polar surface area (TPSA) is 113 Å². The van der Waals surface area contributed by atoms with Gasteiger partial charge in [-0.3, -0.25) is 14.9 Å². The van der Waals surface area contributed by atoms with Gasteiger partial charge in [0.25, 0.3) is 5.69 Å².